The quantitative estimate of drug-likeness (QED) is 0.204. The topological polar surface area (TPSA) is 72.7 Å². The second-order valence-electron chi connectivity index (χ2n) is 7.33. The highest BCUT2D eigenvalue weighted by molar-refractivity contribution is 14.0. The van der Waals surface area contributed by atoms with Gasteiger partial charge in [-0.05, 0) is 30.9 Å². The van der Waals surface area contributed by atoms with Gasteiger partial charge < -0.3 is 24.7 Å². The molecule has 1 aliphatic rings. The van der Waals surface area contributed by atoms with Gasteiger partial charge in [-0.3, -0.25) is 0 Å². The van der Waals surface area contributed by atoms with Crippen LogP contribution >= 0.6 is 24.0 Å². The van der Waals surface area contributed by atoms with E-state index in [0.717, 1.165) is 64.9 Å². The molecular weight excluding hydrogens is 493 g/mol. The molecule has 0 bridgehead atoms. The molecule has 1 saturated heterocycles. The number of nitrogens with one attached hydrogen (secondary N) is 2. The molecule has 0 aliphatic carbocycles. The first kappa shape index (κ1) is 24.6. The summed E-state index contributed by atoms with van der Waals surface area (Å²) in [5.74, 6) is 1.42. The lowest BCUT2D eigenvalue weighted by Crippen LogP contribution is -2.38. The summed E-state index contributed by atoms with van der Waals surface area (Å²) in [6, 6.07) is 8.58. The zero-order valence-electron chi connectivity index (χ0n) is 17.8. The van der Waals surface area contributed by atoms with Crippen LogP contribution in [0.2, 0.25) is 0 Å². The molecule has 2 aromatic rings. The fourth-order valence-electron chi connectivity index (χ4n) is 3.20. The predicted molar refractivity (Wildman–Crippen MR) is 130 cm³/mol. The van der Waals surface area contributed by atoms with E-state index in [-0.39, 0.29) is 24.0 Å². The maximum absolute atomic E-state index is 5.75. The molecule has 7 nitrogen and oxygen atoms in total. The Hall–Kier alpha value is -1.65. The van der Waals surface area contributed by atoms with Gasteiger partial charge in [-0.15, -0.1) is 24.0 Å². The summed E-state index contributed by atoms with van der Waals surface area (Å²) in [4.78, 5) is 8.77. The minimum absolute atomic E-state index is 0. The van der Waals surface area contributed by atoms with Gasteiger partial charge in [0.25, 0.3) is 0 Å². The Kier molecular flexibility index (Phi) is 11.8. The Balaban J connectivity index is 0.00000320. The zero-order valence-corrected chi connectivity index (χ0v) is 20.1. The van der Waals surface area contributed by atoms with Crippen LogP contribution < -0.4 is 10.6 Å². The molecule has 3 rings (SSSR count). The van der Waals surface area contributed by atoms with Crippen molar-refractivity contribution in [1.29, 1.82) is 0 Å². The summed E-state index contributed by atoms with van der Waals surface area (Å²) in [6.07, 6.45) is 7.69. The van der Waals surface area contributed by atoms with Gasteiger partial charge >= 0.3 is 0 Å². The zero-order chi connectivity index (χ0) is 20.2. The third kappa shape index (κ3) is 9.01. The van der Waals surface area contributed by atoms with E-state index < -0.39 is 0 Å². The van der Waals surface area contributed by atoms with E-state index in [1.165, 1.54) is 11.1 Å². The van der Waals surface area contributed by atoms with Crippen molar-refractivity contribution in [2.24, 2.45) is 10.9 Å². The number of halogens is 1. The highest BCUT2D eigenvalue weighted by Gasteiger charge is 2.15. The van der Waals surface area contributed by atoms with Crippen LogP contribution in [0.1, 0.15) is 30.9 Å². The van der Waals surface area contributed by atoms with Crippen LogP contribution in [0.5, 0.6) is 0 Å². The first-order valence-corrected chi connectivity index (χ1v) is 10.5. The lowest BCUT2D eigenvalue weighted by Gasteiger charge is -2.12. The number of hydrogen-bond donors (Lipinski definition) is 2. The number of guanidine groups is 1. The van der Waals surface area contributed by atoms with E-state index in [4.69, 9.17) is 14.5 Å². The van der Waals surface area contributed by atoms with E-state index >= 15 is 0 Å². The predicted octanol–water partition coefficient (Wildman–Crippen LogP) is 3.05. The Morgan fingerprint density at radius 2 is 2.10 bits per heavy atom. The number of imidazole rings is 1. The molecule has 8 heteroatoms. The number of benzene rings is 1. The summed E-state index contributed by atoms with van der Waals surface area (Å²) in [7, 11) is 0. The van der Waals surface area contributed by atoms with E-state index in [1.54, 1.807) is 6.20 Å². The van der Waals surface area contributed by atoms with E-state index in [1.807, 2.05) is 12.5 Å². The maximum Gasteiger partial charge on any atom is 0.191 e. The normalized spacial score (nSPS) is 16.3. The maximum atomic E-state index is 5.75. The van der Waals surface area contributed by atoms with Gasteiger partial charge in [0.05, 0.1) is 26.1 Å². The fraction of sp³-hybridized carbons (Fsp3) is 0.545. The summed E-state index contributed by atoms with van der Waals surface area (Å²) in [5.41, 5.74) is 2.45. The molecule has 1 aromatic carbocycles. The second kappa shape index (κ2) is 14.4. The average molecular weight is 527 g/mol. The SMILES string of the molecule is CCNC(=NCc1ccc(Cn2ccnc2)cc1)NCCCOCC1CCOC1.I. The van der Waals surface area contributed by atoms with Crippen LogP contribution in [0.25, 0.3) is 0 Å². The molecule has 30 heavy (non-hydrogen) atoms. The van der Waals surface area contributed by atoms with Crippen molar-refractivity contribution in [1.82, 2.24) is 20.2 Å². The van der Waals surface area contributed by atoms with Crippen molar-refractivity contribution in [2.75, 3.05) is 39.5 Å². The third-order valence-electron chi connectivity index (χ3n) is 4.85. The molecule has 166 valence electrons. The monoisotopic (exact) mass is 527 g/mol. The minimum atomic E-state index is 0. The molecule has 1 atom stereocenters. The van der Waals surface area contributed by atoms with Crippen LogP contribution in [-0.4, -0.2) is 55.0 Å². The van der Waals surface area contributed by atoms with Gasteiger partial charge in [0.15, 0.2) is 5.96 Å². The van der Waals surface area contributed by atoms with Gasteiger partial charge in [0.1, 0.15) is 0 Å². The Bertz CT molecular complexity index is 716. The number of rotatable bonds is 11. The van der Waals surface area contributed by atoms with Crippen LogP contribution in [0.15, 0.2) is 48.0 Å². The van der Waals surface area contributed by atoms with Crippen molar-refractivity contribution < 1.29 is 9.47 Å². The third-order valence-corrected chi connectivity index (χ3v) is 4.85. The second-order valence-corrected chi connectivity index (χ2v) is 7.33. The van der Waals surface area contributed by atoms with E-state index in [0.29, 0.717) is 12.5 Å². The van der Waals surface area contributed by atoms with Crippen molar-refractivity contribution in [3.8, 4) is 0 Å². The fourth-order valence-corrected chi connectivity index (χ4v) is 3.20. The van der Waals surface area contributed by atoms with Crippen molar-refractivity contribution in [2.45, 2.75) is 32.9 Å². The smallest absolute Gasteiger partial charge is 0.191 e. The van der Waals surface area contributed by atoms with Crippen molar-refractivity contribution in [3.05, 3.63) is 54.1 Å². The molecule has 1 unspecified atom stereocenters. The molecule has 2 N–H and O–H groups in total. The standard InChI is InChI=1S/C22H33N5O2.HI/c1-2-24-22(25-9-3-12-28-16-21-8-13-29-17-21)26-14-19-4-6-20(7-5-19)15-27-11-10-23-18-27;/h4-7,10-11,18,21H,2-3,8-9,12-17H2,1H3,(H2,24,25,26);1H. The Morgan fingerprint density at radius 1 is 1.27 bits per heavy atom. The highest BCUT2D eigenvalue weighted by Crippen LogP contribution is 2.12. The number of nitrogens with zero attached hydrogens (tertiary/aromatic N) is 3. The molecule has 2 heterocycles. The number of ether oxygens (including phenoxy) is 2. The van der Waals surface area contributed by atoms with Crippen molar-refractivity contribution in [3.63, 3.8) is 0 Å². The molecule has 1 fully saturated rings. The summed E-state index contributed by atoms with van der Waals surface area (Å²) >= 11 is 0. The molecular formula is C22H34IN5O2. The lowest BCUT2D eigenvalue weighted by molar-refractivity contribution is 0.0888. The van der Waals surface area contributed by atoms with Gasteiger partial charge in [0.2, 0.25) is 0 Å². The van der Waals surface area contributed by atoms with Gasteiger partial charge in [-0.2, -0.15) is 0 Å². The number of aromatic nitrogens is 2. The first-order chi connectivity index (χ1) is 14.3. The summed E-state index contributed by atoms with van der Waals surface area (Å²) < 4.78 is 13.2. The lowest BCUT2D eigenvalue weighted by atomic mass is 10.1. The highest BCUT2D eigenvalue weighted by atomic mass is 127. The van der Waals surface area contributed by atoms with Crippen LogP contribution in [0, 0.1) is 5.92 Å². The van der Waals surface area contributed by atoms with Gasteiger partial charge in [-0.1, -0.05) is 24.3 Å². The number of hydrogen-bond acceptors (Lipinski definition) is 4. The molecule has 0 radical (unpaired) electrons. The Labute approximate surface area is 196 Å². The van der Waals surface area contributed by atoms with Gasteiger partial charge in [-0.25, -0.2) is 9.98 Å². The van der Waals surface area contributed by atoms with Crippen molar-refractivity contribution >= 4 is 29.9 Å². The minimum Gasteiger partial charge on any atom is -0.381 e. The Morgan fingerprint density at radius 3 is 2.80 bits per heavy atom. The van der Waals surface area contributed by atoms with E-state index in [2.05, 4.69) is 51.4 Å². The molecule has 0 saturated carbocycles. The van der Waals surface area contributed by atoms with Gasteiger partial charge in [0, 0.05) is 51.2 Å². The summed E-state index contributed by atoms with van der Waals surface area (Å²) in [6.45, 7) is 8.56. The molecule has 1 aliphatic heterocycles. The van der Waals surface area contributed by atoms with Crippen LogP contribution in [-0.2, 0) is 22.6 Å². The molecule has 0 amide bonds. The number of aliphatic imine (C=N–C) groups is 1. The largest absolute Gasteiger partial charge is 0.381 e. The first-order valence-electron chi connectivity index (χ1n) is 10.5. The van der Waals surface area contributed by atoms with E-state index in [9.17, 15) is 0 Å². The average Bonchev–Trinajstić information content (AvgIpc) is 3.44. The molecule has 1 aromatic heterocycles. The van der Waals surface area contributed by atoms with Crippen LogP contribution in [0.3, 0.4) is 0 Å². The van der Waals surface area contributed by atoms with Crippen LogP contribution in [0.4, 0.5) is 0 Å². The molecule has 0 spiro atoms. The summed E-state index contributed by atoms with van der Waals surface area (Å²) in [5, 5.41) is 6.69.